The Labute approximate surface area is 176 Å². The van der Waals surface area contributed by atoms with Crippen LogP contribution in [0.3, 0.4) is 0 Å². The SMILES string of the molecule is COc1ccc(C(=O)N2CC=C(C)[C@H](c3cc(C(F)F)nc4ncnn34)C2)cc1C#N. The van der Waals surface area contributed by atoms with Crippen molar-refractivity contribution in [3.05, 3.63) is 64.8 Å². The van der Waals surface area contributed by atoms with Gasteiger partial charge in [0.15, 0.2) is 0 Å². The van der Waals surface area contributed by atoms with E-state index >= 15 is 0 Å². The van der Waals surface area contributed by atoms with Crippen molar-refractivity contribution in [3.63, 3.8) is 0 Å². The van der Waals surface area contributed by atoms with Gasteiger partial charge in [-0.15, -0.1) is 0 Å². The first-order chi connectivity index (χ1) is 14.9. The van der Waals surface area contributed by atoms with Gasteiger partial charge in [-0.1, -0.05) is 11.6 Å². The highest BCUT2D eigenvalue weighted by atomic mass is 19.3. The largest absolute Gasteiger partial charge is 0.495 e. The number of amides is 1. The Bertz CT molecular complexity index is 1230. The Morgan fingerprint density at radius 2 is 2.16 bits per heavy atom. The van der Waals surface area contributed by atoms with Crippen LogP contribution in [0.15, 0.2) is 42.2 Å². The molecule has 1 aromatic carbocycles. The number of rotatable bonds is 4. The lowest BCUT2D eigenvalue weighted by molar-refractivity contribution is 0.0759. The molecular weight excluding hydrogens is 406 g/mol. The summed E-state index contributed by atoms with van der Waals surface area (Å²) in [5.74, 6) is -0.170. The summed E-state index contributed by atoms with van der Waals surface area (Å²) < 4.78 is 33.3. The predicted molar refractivity (Wildman–Crippen MR) is 106 cm³/mol. The third-order valence-electron chi connectivity index (χ3n) is 5.32. The lowest BCUT2D eigenvalue weighted by Gasteiger charge is -2.32. The van der Waals surface area contributed by atoms with Gasteiger partial charge in [0, 0.05) is 24.6 Å². The molecular formula is C21H18F2N6O2. The molecule has 0 saturated carbocycles. The fraction of sp³-hybridized carbons (Fsp3) is 0.286. The van der Waals surface area contributed by atoms with Crippen LogP contribution in [0.25, 0.3) is 5.78 Å². The smallest absolute Gasteiger partial charge is 0.280 e. The first-order valence-electron chi connectivity index (χ1n) is 9.45. The summed E-state index contributed by atoms with van der Waals surface area (Å²) in [5, 5.41) is 13.4. The molecule has 1 aliphatic rings. The van der Waals surface area contributed by atoms with Crippen molar-refractivity contribution in [2.75, 3.05) is 20.2 Å². The van der Waals surface area contributed by atoms with Crippen molar-refractivity contribution >= 4 is 11.7 Å². The van der Waals surface area contributed by atoms with Crippen LogP contribution in [0.1, 0.15) is 46.6 Å². The maximum Gasteiger partial charge on any atom is 0.280 e. The molecule has 0 bridgehead atoms. The van der Waals surface area contributed by atoms with Gasteiger partial charge < -0.3 is 9.64 Å². The first-order valence-corrected chi connectivity index (χ1v) is 9.45. The summed E-state index contributed by atoms with van der Waals surface area (Å²) in [5.41, 5.74) is 1.63. The minimum absolute atomic E-state index is 0.0814. The number of hydrogen-bond donors (Lipinski definition) is 0. The Kier molecular flexibility index (Phi) is 5.33. The number of hydrogen-bond acceptors (Lipinski definition) is 6. The highest BCUT2D eigenvalue weighted by Gasteiger charge is 2.29. The number of alkyl halides is 2. The highest BCUT2D eigenvalue weighted by molar-refractivity contribution is 5.95. The van der Waals surface area contributed by atoms with Crippen LogP contribution >= 0.6 is 0 Å². The summed E-state index contributed by atoms with van der Waals surface area (Å²) in [4.78, 5) is 22.5. The molecule has 3 heterocycles. The van der Waals surface area contributed by atoms with Gasteiger partial charge in [0.2, 0.25) is 0 Å². The number of carbonyl (C=O) groups excluding carboxylic acids is 1. The summed E-state index contributed by atoms with van der Waals surface area (Å²) in [6.45, 7) is 2.51. The molecule has 0 spiro atoms. The van der Waals surface area contributed by atoms with Gasteiger partial charge in [0.05, 0.1) is 18.4 Å². The van der Waals surface area contributed by atoms with Crippen LogP contribution in [0.5, 0.6) is 5.75 Å². The molecule has 0 radical (unpaired) electrons. The average molecular weight is 424 g/mol. The van der Waals surface area contributed by atoms with Gasteiger partial charge in [0.1, 0.15) is 23.8 Å². The van der Waals surface area contributed by atoms with Crippen molar-refractivity contribution in [1.82, 2.24) is 24.5 Å². The molecule has 3 aromatic rings. The van der Waals surface area contributed by atoms with E-state index in [9.17, 15) is 18.8 Å². The zero-order valence-corrected chi connectivity index (χ0v) is 16.8. The third kappa shape index (κ3) is 3.70. The number of ether oxygens (including phenoxy) is 1. The van der Waals surface area contributed by atoms with Gasteiger partial charge in [-0.05, 0) is 31.2 Å². The topological polar surface area (TPSA) is 96.4 Å². The lowest BCUT2D eigenvalue weighted by Crippen LogP contribution is -2.38. The Hall–Kier alpha value is -3.87. The van der Waals surface area contributed by atoms with Crippen LogP contribution in [0, 0.1) is 11.3 Å². The van der Waals surface area contributed by atoms with Crippen LogP contribution in [0.4, 0.5) is 8.78 Å². The van der Waals surface area contributed by atoms with Gasteiger partial charge in [0.25, 0.3) is 18.1 Å². The second kappa shape index (κ2) is 8.10. The molecule has 4 rings (SSSR count). The first kappa shape index (κ1) is 20.4. The Morgan fingerprint density at radius 3 is 2.87 bits per heavy atom. The van der Waals surface area contributed by atoms with Crippen LogP contribution < -0.4 is 4.74 Å². The van der Waals surface area contributed by atoms with Gasteiger partial charge in [-0.2, -0.15) is 15.3 Å². The molecule has 10 heteroatoms. The van der Waals surface area contributed by atoms with Gasteiger partial charge in [-0.25, -0.2) is 18.3 Å². The van der Waals surface area contributed by atoms with E-state index in [0.717, 1.165) is 5.57 Å². The molecule has 158 valence electrons. The molecule has 0 unspecified atom stereocenters. The molecule has 0 saturated heterocycles. The third-order valence-corrected chi connectivity index (χ3v) is 5.32. The van der Waals surface area contributed by atoms with Crippen LogP contribution in [0.2, 0.25) is 0 Å². The second-order valence-corrected chi connectivity index (χ2v) is 7.12. The lowest BCUT2D eigenvalue weighted by atomic mass is 9.91. The van der Waals surface area contributed by atoms with Gasteiger partial charge >= 0.3 is 0 Å². The predicted octanol–water partition coefficient (Wildman–Crippen LogP) is 3.13. The Balaban J connectivity index is 1.69. The van der Waals surface area contributed by atoms with E-state index in [1.165, 1.54) is 30.1 Å². The monoisotopic (exact) mass is 424 g/mol. The van der Waals surface area contributed by atoms with E-state index < -0.39 is 6.43 Å². The number of carbonyl (C=O) groups is 1. The van der Waals surface area contributed by atoms with E-state index in [0.29, 0.717) is 23.6 Å². The molecule has 1 aliphatic heterocycles. The highest BCUT2D eigenvalue weighted by Crippen LogP contribution is 2.31. The van der Waals surface area contributed by atoms with E-state index in [-0.39, 0.29) is 35.4 Å². The number of halogens is 2. The summed E-state index contributed by atoms with van der Waals surface area (Å²) >= 11 is 0. The van der Waals surface area contributed by atoms with Gasteiger partial charge in [-0.3, -0.25) is 4.79 Å². The van der Waals surface area contributed by atoms with Crippen molar-refractivity contribution in [2.45, 2.75) is 19.3 Å². The second-order valence-electron chi connectivity index (χ2n) is 7.12. The molecule has 31 heavy (non-hydrogen) atoms. The van der Waals surface area contributed by atoms with Crippen LogP contribution in [-0.2, 0) is 0 Å². The zero-order valence-electron chi connectivity index (χ0n) is 16.8. The molecule has 1 amide bonds. The fourth-order valence-electron chi connectivity index (χ4n) is 3.65. The minimum atomic E-state index is -2.75. The number of aromatic nitrogens is 4. The summed E-state index contributed by atoms with van der Waals surface area (Å²) in [7, 11) is 1.45. The van der Waals surface area contributed by atoms with Crippen molar-refractivity contribution in [2.24, 2.45) is 0 Å². The maximum absolute atomic E-state index is 13.4. The summed E-state index contributed by atoms with van der Waals surface area (Å²) in [6.07, 6.45) is 0.383. The quantitative estimate of drug-likeness (QED) is 0.597. The van der Waals surface area contributed by atoms with E-state index in [1.54, 1.807) is 17.0 Å². The fourth-order valence-corrected chi connectivity index (χ4v) is 3.65. The van der Waals surface area contributed by atoms with Crippen LogP contribution in [-0.4, -0.2) is 50.6 Å². The Morgan fingerprint density at radius 1 is 1.35 bits per heavy atom. The maximum atomic E-state index is 13.4. The van der Waals surface area contributed by atoms with E-state index in [4.69, 9.17) is 4.74 Å². The normalized spacial score (nSPS) is 16.3. The number of benzene rings is 1. The average Bonchev–Trinajstić information content (AvgIpc) is 3.26. The molecule has 0 fully saturated rings. The molecule has 8 nitrogen and oxygen atoms in total. The van der Waals surface area contributed by atoms with Crippen molar-refractivity contribution in [1.29, 1.82) is 5.26 Å². The molecule has 2 aromatic heterocycles. The molecule has 1 atom stereocenters. The molecule has 0 N–H and O–H groups in total. The number of nitrogens with zero attached hydrogens (tertiary/aromatic N) is 6. The molecule has 0 aliphatic carbocycles. The standard InChI is InChI=1S/C21H18F2N6O2/c1-12-5-6-28(20(30)13-3-4-18(31-2)14(7-13)9-24)10-15(12)17-8-16(19(22)23)27-21-25-11-26-29(17)21/h3-5,7-8,11,15,19H,6,10H2,1-2H3/t15-/m1/s1. The number of fused-ring (bicyclic) bond motifs is 1. The number of methoxy groups -OCH3 is 1. The summed E-state index contributed by atoms with van der Waals surface area (Å²) in [6, 6.07) is 7.98. The van der Waals surface area contributed by atoms with E-state index in [2.05, 4.69) is 15.1 Å². The van der Waals surface area contributed by atoms with Crippen molar-refractivity contribution < 1.29 is 18.3 Å². The van der Waals surface area contributed by atoms with E-state index in [1.807, 2.05) is 19.1 Å². The zero-order chi connectivity index (χ0) is 22.1. The van der Waals surface area contributed by atoms with Crippen molar-refractivity contribution in [3.8, 4) is 11.8 Å². The minimum Gasteiger partial charge on any atom is -0.495 e. The number of nitriles is 1.